The molecule has 0 saturated heterocycles. The summed E-state index contributed by atoms with van der Waals surface area (Å²) in [6.07, 6.45) is 0.561. The third-order valence-corrected chi connectivity index (χ3v) is 4.71. The van der Waals surface area contributed by atoms with Crippen LogP contribution in [-0.4, -0.2) is 22.6 Å². The van der Waals surface area contributed by atoms with Gasteiger partial charge in [-0.1, -0.05) is 29.8 Å². The lowest BCUT2D eigenvalue weighted by Crippen LogP contribution is -2.25. The molecule has 0 unspecified atom stereocenters. The Labute approximate surface area is 173 Å². The molecule has 1 heterocycles. The van der Waals surface area contributed by atoms with Gasteiger partial charge in [0.05, 0.1) is 0 Å². The molecule has 0 spiro atoms. The molecule has 1 N–H and O–H groups in total. The number of carbonyl (C=O) groups is 1. The molecule has 4 rings (SSSR count). The Balaban J connectivity index is 1.38. The maximum atomic E-state index is 13.2. The molecular formula is C24H20FN3O2. The van der Waals surface area contributed by atoms with Crippen molar-refractivity contribution < 1.29 is 13.6 Å². The van der Waals surface area contributed by atoms with Crippen LogP contribution in [0.3, 0.4) is 0 Å². The average molecular weight is 401 g/mol. The molecule has 150 valence electrons. The minimum Gasteiger partial charge on any atom is -0.416 e. The zero-order valence-corrected chi connectivity index (χ0v) is 16.4. The first kappa shape index (κ1) is 19.5. The summed E-state index contributed by atoms with van der Waals surface area (Å²) in [4.78, 5) is 12.3. The minimum atomic E-state index is -0.277. The highest BCUT2D eigenvalue weighted by molar-refractivity contribution is 5.94. The van der Waals surface area contributed by atoms with Crippen LogP contribution < -0.4 is 5.32 Å². The lowest BCUT2D eigenvalue weighted by molar-refractivity contribution is 0.0954. The first-order valence-corrected chi connectivity index (χ1v) is 9.62. The van der Waals surface area contributed by atoms with Crippen molar-refractivity contribution in [3.8, 4) is 22.9 Å². The molecular weight excluding hydrogens is 381 g/mol. The fourth-order valence-electron chi connectivity index (χ4n) is 3.03. The molecule has 0 aliphatic heterocycles. The molecule has 3 aromatic carbocycles. The van der Waals surface area contributed by atoms with Crippen LogP contribution in [0.5, 0.6) is 0 Å². The first-order chi connectivity index (χ1) is 14.6. The fourth-order valence-corrected chi connectivity index (χ4v) is 3.03. The Morgan fingerprint density at radius 1 is 0.933 bits per heavy atom. The maximum absolute atomic E-state index is 13.2. The second kappa shape index (κ2) is 8.69. The van der Waals surface area contributed by atoms with Crippen molar-refractivity contribution in [1.29, 1.82) is 0 Å². The van der Waals surface area contributed by atoms with Crippen LogP contribution in [0.15, 0.2) is 77.2 Å². The lowest BCUT2D eigenvalue weighted by Gasteiger charge is -2.06. The summed E-state index contributed by atoms with van der Waals surface area (Å²) in [5, 5.41) is 11.0. The monoisotopic (exact) mass is 401 g/mol. The normalized spacial score (nSPS) is 10.7. The van der Waals surface area contributed by atoms with Crippen LogP contribution in [-0.2, 0) is 6.42 Å². The van der Waals surface area contributed by atoms with E-state index in [-0.39, 0.29) is 11.7 Å². The fraction of sp³-hybridized carbons (Fsp3) is 0.125. The summed E-state index contributed by atoms with van der Waals surface area (Å²) in [6.45, 7) is 2.44. The molecule has 4 aromatic rings. The molecule has 0 aliphatic carbocycles. The molecule has 0 atom stereocenters. The number of benzene rings is 3. The van der Waals surface area contributed by atoms with E-state index in [1.807, 2.05) is 37.3 Å². The number of rotatable bonds is 6. The van der Waals surface area contributed by atoms with Gasteiger partial charge in [0.15, 0.2) is 0 Å². The van der Waals surface area contributed by atoms with E-state index in [1.54, 1.807) is 30.3 Å². The molecule has 0 saturated carbocycles. The van der Waals surface area contributed by atoms with Gasteiger partial charge in [0.1, 0.15) is 5.82 Å². The van der Waals surface area contributed by atoms with Crippen LogP contribution in [0.4, 0.5) is 4.39 Å². The van der Waals surface area contributed by atoms with E-state index in [9.17, 15) is 9.18 Å². The highest BCUT2D eigenvalue weighted by Crippen LogP contribution is 2.24. The van der Waals surface area contributed by atoms with Crippen molar-refractivity contribution in [3.05, 3.63) is 95.3 Å². The van der Waals surface area contributed by atoms with Crippen LogP contribution in [0, 0.1) is 12.7 Å². The van der Waals surface area contributed by atoms with Crippen LogP contribution >= 0.6 is 0 Å². The van der Waals surface area contributed by atoms with Crippen LogP contribution in [0.25, 0.3) is 22.9 Å². The third kappa shape index (κ3) is 4.60. The highest BCUT2D eigenvalue weighted by Gasteiger charge is 2.12. The number of carbonyl (C=O) groups excluding carboxylic acids is 1. The SMILES string of the molecule is Cc1ccc(-c2nnc(-c3ccc(C(=O)NCCc4cccc(F)c4)cc3)o2)cc1. The highest BCUT2D eigenvalue weighted by atomic mass is 19.1. The Morgan fingerprint density at radius 2 is 1.57 bits per heavy atom. The van der Waals surface area contributed by atoms with Gasteiger partial charge in [-0.3, -0.25) is 4.79 Å². The van der Waals surface area contributed by atoms with Gasteiger partial charge >= 0.3 is 0 Å². The lowest BCUT2D eigenvalue weighted by atomic mass is 10.1. The Hall–Kier alpha value is -3.80. The molecule has 5 nitrogen and oxygen atoms in total. The maximum Gasteiger partial charge on any atom is 0.251 e. The molecule has 1 aromatic heterocycles. The summed E-state index contributed by atoms with van der Waals surface area (Å²) >= 11 is 0. The number of hydrogen-bond donors (Lipinski definition) is 1. The largest absolute Gasteiger partial charge is 0.416 e. The summed E-state index contributed by atoms with van der Waals surface area (Å²) in [6, 6.07) is 21.2. The summed E-state index contributed by atoms with van der Waals surface area (Å²) in [7, 11) is 0. The molecule has 0 bridgehead atoms. The van der Waals surface area contributed by atoms with Crippen molar-refractivity contribution in [2.45, 2.75) is 13.3 Å². The van der Waals surface area contributed by atoms with Gasteiger partial charge in [0.2, 0.25) is 11.8 Å². The number of aromatic nitrogens is 2. The number of hydrogen-bond acceptors (Lipinski definition) is 4. The van der Waals surface area contributed by atoms with E-state index >= 15 is 0 Å². The van der Waals surface area contributed by atoms with E-state index in [2.05, 4.69) is 15.5 Å². The number of amides is 1. The molecule has 30 heavy (non-hydrogen) atoms. The number of halogens is 1. The Bertz CT molecular complexity index is 1150. The predicted molar refractivity (Wildman–Crippen MR) is 112 cm³/mol. The Kier molecular flexibility index (Phi) is 5.66. The second-order valence-electron chi connectivity index (χ2n) is 6.99. The Morgan fingerprint density at radius 3 is 2.20 bits per heavy atom. The van der Waals surface area contributed by atoms with Gasteiger partial charge in [-0.05, 0) is 67.4 Å². The number of nitrogens with zero attached hydrogens (tertiary/aromatic N) is 2. The number of aryl methyl sites for hydroxylation is 1. The molecule has 0 aliphatic rings. The van der Waals surface area contributed by atoms with E-state index in [0.29, 0.717) is 30.3 Å². The summed E-state index contributed by atoms with van der Waals surface area (Å²) in [5.41, 5.74) is 4.11. The smallest absolute Gasteiger partial charge is 0.251 e. The zero-order valence-electron chi connectivity index (χ0n) is 16.4. The molecule has 6 heteroatoms. The van der Waals surface area contributed by atoms with Crippen molar-refractivity contribution in [2.24, 2.45) is 0 Å². The van der Waals surface area contributed by atoms with Crippen molar-refractivity contribution in [3.63, 3.8) is 0 Å². The summed E-state index contributed by atoms with van der Waals surface area (Å²) < 4.78 is 19.0. The van der Waals surface area contributed by atoms with Gasteiger partial charge in [0.25, 0.3) is 5.91 Å². The van der Waals surface area contributed by atoms with Gasteiger partial charge in [-0.2, -0.15) is 0 Å². The first-order valence-electron chi connectivity index (χ1n) is 9.62. The molecule has 0 fully saturated rings. The van der Waals surface area contributed by atoms with Gasteiger partial charge in [-0.25, -0.2) is 4.39 Å². The average Bonchev–Trinajstić information content (AvgIpc) is 3.25. The topological polar surface area (TPSA) is 68.0 Å². The minimum absolute atomic E-state index is 0.191. The van der Waals surface area contributed by atoms with E-state index in [4.69, 9.17) is 4.42 Å². The number of nitrogens with one attached hydrogen (secondary N) is 1. The van der Waals surface area contributed by atoms with E-state index in [1.165, 1.54) is 12.1 Å². The van der Waals surface area contributed by atoms with Gasteiger partial charge in [0, 0.05) is 23.2 Å². The zero-order chi connectivity index (χ0) is 20.9. The van der Waals surface area contributed by atoms with E-state index in [0.717, 1.165) is 22.3 Å². The molecule has 1 amide bonds. The van der Waals surface area contributed by atoms with Crippen molar-refractivity contribution in [1.82, 2.24) is 15.5 Å². The van der Waals surface area contributed by atoms with Crippen molar-refractivity contribution in [2.75, 3.05) is 6.54 Å². The second-order valence-corrected chi connectivity index (χ2v) is 6.99. The van der Waals surface area contributed by atoms with Gasteiger partial charge < -0.3 is 9.73 Å². The quantitative estimate of drug-likeness (QED) is 0.503. The standard InChI is InChI=1S/C24H20FN3O2/c1-16-5-7-19(8-6-16)23-27-28-24(30-23)20-11-9-18(10-12-20)22(29)26-14-13-17-3-2-4-21(25)15-17/h2-12,15H,13-14H2,1H3,(H,26,29). The van der Waals surface area contributed by atoms with Gasteiger partial charge in [-0.15, -0.1) is 10.2 Å². The molecule has 0 radical (unpaired) electrons. The third-order valence-electron chi connectivity index (χ3n) is 4.71. The van der Waals surface area contributed by atoms with E-state index < -0.39 is 0 Å². The predicted octanol–water partition coefficient (Wildman–Crippen LogP) is 4.82. The van der Waals surface area contributed by atoms with Crippen molar-refractivity contribution >= 4 is 5.91 Å². The summed E-state index contributed by atoms with van der Waals surface area (Å²) in [5.74, 6) is 0.373. The van der Waals surface area contributed by atoms with Crippen LogP contribution in [0.1, 0.15) is 21.5 Å². The van der Waals surface area contributed by atoms with Crippen LogP contribution in [0.2, 0.25) is 0 Å².